The number of hydrogen-bond acceptors (Lipinski definition) is 5. The summed E-state index contributed by atoms with van der Waals surface area (Å²) in [5, 5.41) is 18.6. The summed E-state index contributed by atoms with van der Waals surface area (Å²) in [7, 11) is 0. The van der Waals surface area contributed by atoms with E-state index >= 15 is 0 Å². The van der Waals surface area contributed by atoms with Crippen LogP contribution in [0.5, 0.6) is 11.5 Å². The summed E-state index contributed by atoms with van der Waals surface area (Å²) >= 11 is 0. The van der Waals surface area contributed by atoms with Crippen LogP contribution in [0.2, 0.25) is 0 Å². The summed E-state index contributed by atoms with van der Waals surface area (Å²) in [6.45, 7) is 7.41. The van der Waals surface area contributed by atoms with Crippen LogP contribution in [0.1, 0.15) is 49.9 Å². The highest BCUT2D eigenvalue weighted by molar-refractivity contribution is 5.90. The SMILES string of the molecule is CCCCN(CCCC)CCOC(=O)c1ccc(O)c(O)c1. The van der Waals surface area contributed by atoms with Crippen molar-refractivity contribution in [3.05, 3.63) is 23.8 Å². The Balaban J connectivity index is 2.42. The Morgan fingerprint density at radius 2 is 1.68 bits per heavy atom. The van der Waals surface area contributed by atoms with E-state index in [9.17, 15) is 15.0 Å². The molecular formula is C17H27NO4. The fourth-order valence-electron chi connectivity index (χ4n) is 2.10. The van der Waals surface area contributed by atoms with Crippen LogP contribution in [-0.2, 0) is 4.74 Å². The molecule has 5 heteroatoms. The third-order valence-corrected chi connectivity index (χ3v) is 3.51. The average Bonchev–Trinajstić information content (AvgIpc) is 2.51. The fourth-order valence-corrected chi connectivity index (χ4v) is 2.10. The Morgan fingerprint density at radius 3 is 2.23 bits per heavy atom. The number of ether oxygens (including phenoxy) is 1. The van der Waals surface area contributed by atoms with Crippen molar-refractivity contribution < 1.29 is 19.7 Å². The molecule has 0 atom stereocenters. The van der Waals surface area contributed by atoms with Gasteiger partial charge in [-0.15, -0.1) is 0 Å². The minimum absolute atomic E-state index is 0.240. The molecule has 0 aliphatic carbocycles. The highest BCUT2D eigenvalue weighted by Crippen LogP contribution is 2.25. The monoisotopic (exact) mass is 309 g/mol. The van der Waals surface area contributed by atoms with Crippen molar-refractivity contribution in [1.82, 2.24) is 4.90 Å². The molecule has 1 rings (SSSR count). The van der Waals surface area contributed by atoms with Gasteiger partial charge in [-0.1, -0.05) is 26.7 Å². The van der Waals surface area contributed by atoms with E-state index in [4.69, 9.17) is 4.74 Å². The zero-order chi connectivity index (χ0) is 16.4. The zero-order valence-electron chi connectivity index (χ0n) is 13.5. The Labute approximate surface area is 132 Å². The van der Waals surface area contributed by atoms with Crippen LogP contribution in [0, 0.1) is 0 Å². The molecular weight excluding hydrogens is 282 g/mol. The summed E-state index contributed by atoms with van der Waals surface area (Å²) < 4.78 is 5.24. The van der Waals surface area contributed by atoms with E-state index in [2.05, 4.69) is 18.7 Å². The summed E-state index contributed by atoms with van der Waals surface area (Å²) in [5.41, 5.74) is 0.240. The van der Waals surface area contributed by atoms with Crippen molar-refractivity contribution in [2.24, 2.45) is 0 Å². The first kappa shape index (κ1) is 18.3. The number of phenols is 2. The lowest BCUT2D eigenvalue weighted by atomic mass is 10.2. The van der Waals surface area contributed by atoms with Crippen molar-refractivity contribution in [3.63, 3.8) is 0 Å². The van der Waals surface area contributed by atoms with E-state index in [0.717, 1.165) is 45.3 Å². The van der Waals surface area contributed by atoms with Gasteiger partial charge in [0.2, 0.25) is 0 Å². The van der Waals surface area contributed by atoms with Gasteiger partial charge in [0.25, 0.3) is 0 Å². The Morgan fingerprint density at radius 1 is 1.05 bits per heavy atom. The van der Waals surface area contributed by atoms with Gasteiger partial charge in [0.15, 0.2) is 11.5 Å². The molecule has 1 aromatic rings. The fraction of sp³-hybridized carbons (Fsp3) is 0.588. The van der Waals surface area contributed by atoms with Crippen molar-refractivity contribution in [2.45, 2.75) is 39.5 Å². The zero-order valence-corrected chi connectivity index (χ0v) is 13.5. The van der Waals surface area contributed by atoms with Gasteiger partial charge in [0.05, 0.1) is 5.56 Å². The third-order valence-electron chi connectivity index (χ3n) is 3.51. The number of hydrogen-bond donors (Lipinski definition) is 2. The lowest BCUT2D eigenvalue weighted by molar-refractivity contribution is 0.0460. The van der Waals surface area contributed by atoms with Gasteiger partial charge in [-0.2, -0.15) is 0 Å². The number of carbonyl (C=O) groups is 1. The van der Waals surface area contributed by atoms with E-state index in [1.807, 2.05) is 0 Å². The van der Waals surface area contributed by atoms with E-state index in [1.165, 1.54) is 18.2 Å². The van der Waals surface area contributed by atoms with Crippen molar-refractivity contribution >= 4 is 5.97 Å². The first-order chi connectivity index (χ1) is 10.6. The van der Waals surface area contributed by atoms with Gasteiger partial charge in [0.1, 0.15) is 6.61 Å². The van der Waals surface area contributed by atoms with Crippen molar-refractivity contribution in [2.75, 3.05) is 26.2 Å². The van der Waals surface area contributed by atoms with Crippen LogP contribution in [0.15, 0.2) is 18.2 Å². The smallest absolute Gasteiger partial charge is 0.338 e. The summed E-state index contributed by atoms with van der Waals surface area (Å²) in [6.07, 6.45) is 4.58. The summed E-state index contributed by atoms with van der Waals surface area (Å²) in [5.74, 6) is -1.05. The number of unbranched alkanes of at least 4 members (excludes halogenated alkanes) is 2. The van der Waals surface area contributed by atoms with Crippen molar-refractivity contribution in [1.29, 1.82) is 0 Å². The van der Waals surface area contributed by atoms with Crippen LogP contribution in [0.3, 0.4) is 0 Å². The molecule has 0 unspecified atom stereocenters. The standard InChI is InChI=1S/C17H27NO4/c1-3-5-9-18(10-6-4-2)11-12-22-17(21)14-7-8-15(19)16(20)13-14/h7-8,13,19-20H,3-6,9-12H2,1-2H3. The number of aromatic hydroxyl groups is 2. The van der Waals surface area contributed by atoms with Gasteiger partial charge in [0, 0.05) is 6.54 Å². The molecule has 22 heavy (non-hydrogen) atoms. The highest BCUT2D eigenvalue weighted by atomic mass is 16.5. The molecule has 0 saturated heterocycles. The maximum atomic E-state index is 11.9. The predicted molar refractivity (Wildman–Crippen MR) is 86.3 cm³/mol. The molecule has 0 aliphatic heterocycles. The lowest BCUT2D eigenvalue weighted by Gasteiger charge is -2.21. The number of carbonyl (C=O) groups excluding carboxylic acids is 1. The molecule has 0 fully saturated rings. The second kappa shape index (κ2) is 10.1. The molecule has 124 valence electrons. The molecule has 0 aliphatic rings. The Hall–Kier alpha value is -1.75. The van der Waals surface area contributed by atoms with Gasteiger partial charge < -0.3 is 14.9 Å². The van der Waals surface area contributed by atoms with Crippen LogP contribution >= 0.6 is 0 Å². The van der Waals surface area contributed by atoms with Gasteiger partial charge in [-0.3, -0.25) is 4.90 Å². The quantitative estimate of drug-likeness (QED) is 0.513. The minimum Gasteiger partial charge on any atom is -0.504 e. The molecule has 0 saturated carbocycles. The van der Waals surface area contributed by atoms with Gasteiger partial charge in [-0.25, -0.2) is 4.79 Å². The van der Waals surface area contributed by atoms with Crippen LogP contribution in [0.25, 0.3) is 0 Å². The van der Waals surface area contributed by atoms with Crippen LogP contribution in [-0.4, -0.2) is 47.3 Å². The molecule has 2 N–H and O–H groups in total. The highest BCUT2D eigenvalue weighted by Gasteiger charge is 2.11. The average molecular weight is 309 g/mol. The molecule has 5 nitrogen and oxygen atoms in total. The maximum absolute atomic E-state index is 11.9. The Kier molecular flexibility index (Phi) is 8.36. The normalized spacial score (nSPS) is 10.9. The van der Waals surface area contributed by atoms with E-state index < -0.39 is 5.97 Å². The maximum Gasteiger partial charge on any atom is 0.338 e. The number of rotatable bonds is 10. The molecule has 0 amide bonds. The van der Waals surface area contributed by atoms with E-state index in [0.29, 0.717) is 6.61 Å². The summed E-state index contributed by atoms with van der Waals surface area (Å²) in [4.78, 5) is 14.2. The predicted octanol–water partition coefficient (Wildman–Crippen LogP) is 3.16. The van der Waals surface area contributed by atoms with Gasteiger partial charge >= 0.3 is 5.97 Å². The second-order valence-corrected chi connectivity index (χ2v) is 5.39. The molecule has 0 aromatic heterocycles. The first-order valence-electron chi connectivity index (χ1n) is 8.00. The topological polar surface area (TPSA) is 70.0 Å². The lowest BCUT2D eigenvalue weighted by Crippen LogP contribution is -2.30. The van der Waals surface area contributed by atoms with Crippen LogP contribution in [0.4, 0.5) is 0 Å². The van der Waals surface area contributed by atoms with Crippen LogP contribution < -0.4 is 0 Å². The first-order valence-corrected chi connectivity index (χ1v) is 8.00. The minimum atomic E-state index is -0.485. The number of benzene rings is 1. The molecule has 0 radical (unpaired) electrons. The number of esters is 1. The number of nitrogens with zero attached hydrogens (tertiary/aromatic N) is 1. The summed E-state index contributed by atoms with van der Waals surface area (Å²) in [6, 6.07) is 3.92. The number of phenolic OH excluding ortho intramolecular Hbond substituents is 2. The van der Waals surface area contributed by atoms with E-state index in [1.54, 1.807) is 0 Å². The van der Waals surface area contributed by atoms with Gasteiger partial charge in [-0.05, 0) is 44.1 Å². The largest absolute Gasteiger partial charge is 0.504 e. The molecule has 0 spiro atoms. The third kappa shape index (κ3) is 6.35. The van der Waals surface area contributed by atoms with E-state index in [-0.39, 0.29) is 17.1 Å². The molecule has 0 bridgehead atoms. The van der Waals surface area contributed by atoms with Crippen molar-refractivity contribution in [3.8, 4) is 11.5 Å². The Bertz CT molecular complexity index is 454. The molecule has 1 aromatic carbocycles. The second-order valence-electron chi connectivity index (χ2n) is 5.39. The molecule has 0 heterocycles.